The number of aliphatic hydroxyl groups excluding tert-OH is 1. The van der Waals surface area contributed by atoms with Crippen molar-refractivity contribution in [3.63, 3.8) is 0 Å². The molecule has 8 heterocycles. The number of hydrogen-bond donors (Lipinski definition) is 4. The van der Waals surface area contributed by atoms with Gasteiger partial charge in [0.1, 0.15) is 35.2 Å². The number of imidazole rings is 1. The summed E-state index contributed by atoms with van der Waals surface area (Å²) in [5.74, 6) is -2.93. The number of aromatic amines is 2. The maximum atomic E-state index is 16.1. The number of piperazine rings is 1. The van der Waals surface area contributed by atoms with Crippen LogP contribution in [0.1, 0.15) is 79.9 Å². The second-order valence-electron chi connectivity index (χ2n) is 23.0. The van der Waals surface area contributed by atoms with E-state index in [2.05, 4.69) is 57.1 Å². The molecule has 4 aliphatic rings. The number of anilines is 2. The molecule has 18 nitrogen and oxygen atoms in total. The number of rotatable bonds is 16. The first-order chi connectivity index (χ1) is 39.4. The van der Waals surface area contributed by atoms with E-state index in [-0.39, 0.29) is 50.0 Å². The minimum Gasteiger partial charge on any atom is -0.754 e. The van der Waals surface area contributed by atoms with E-state index < -0.39 is 69.7 Å². The van der Waals surface area contributed by atoms with E-state index in [9.17, 15) is 32.6 Å². The Bertz CT molecular complexity index is 3480. The first-order valence-electron chi connectivity index (χ1n) is 27.8. The number of carbonyl (C=O) groups excluding carboxylic acids is 3. The lowest BCUT2D eigenvalue weighted by atomic mass is 9.85. The summed E-state index contributed by atoms with van der Waals surface area (Å²) in [5, 5.41) is 15.4. The van der Waals surface area contributed by atoms with Crippen LogP contribution in [0.2, 0.25) is 0 Å². The number of β-amino-alcohol motifs (C(OH)–C–C–N with tert-alkyl or cyclic N) is 1. The number of nitrogens with one attached hydrogen (secondary N) is 3. The quantitative estimate of drug-likeness (QED) is 0.0538. The molecule has 7 aromatic rings. The molecule has 3 aromatic carbocycles. The molecular formula is C59H66F3N12O6S2-. The fourth-order valence-electron chi connectivity index (χ4n) is 11.9. The zero-order valence-electron chi connectivity index (χ0n) is 46.1. The molecule has 5 atom stereocenters. The summed E-state index contributed by atoms with van der Waals surface area (Å²) in [7, 11) is 0. The van der Waals surface area contributed by atoms with Crippen molar-refractivity contribution in [1.82, 2.24) is 49.9 Å². The van der Waals surface area contributed by atoms with Gasteiger partial charge in [-0.2, -0.15) is 0 Å². The summed E-state index contributed by atoms with van der Waals surface area (Å²) in [6, 6.07) is 18.4. The van der Waals surface area contributed by atoms with Crippen LogP contribution in [0, 0.1) is 29.9 Å². The molecule has 82 heavy (non-hydrogen) atoms. The van der Waals surface area contributed by atoms with Crippen molar-refractivity contribution in [2.45, 2.75) is 77.7 Å². The van der Waals surface area contributed by atoms with Gasteiger partial charge in [0.15, 0.2) is 5.82 Å². The Kier molecular flexibility index (Phi) is 16.5. The standard InChI is InChI=1S/C59H67F3N12O6S2/c1-35-54(81-34-66-35)39-7-5-38(6-8-39)47-29-65-57(67-47)49-26-43(75)32-73(49)58(78)55(59(2,3)4)68-50(76)33-70-23-21-69(22-24-70)30-36-15-18-71(19-16-36)42-11-9-37(10-12-42)40-25-44-45(28-64-56(44)63-27-40)53(77)51-46(61)13-14-48(52(51)62)74(82(79)80)72-20-17-41(60)31-72/h5-14,25,27-29,34,36,41,43,49,55,75H,15-24,26,30-33H2,1-4H3,(H,63,64)(H,65,67)(H,68,76)(H,79,80)/p-1/t41-,43-,49+,55-/m1/s1. The molecule has 0 bridgehead atoms. The Hall–Kier alpha value is -6.86. The van der Waals surface area contributed by atoms with Crippen LogP contribution in [0.4, 0.5) is 24.5 Å². The van der Waals surface area contributed by atoms with Crippen molar-refractivity contribution in [2.24, 2.45) is 11.3 Å². The molecule has 432 valence electrons. The molecule has 4 aromatic heterocycles. The van der Waals surface area contributed by atoms with Gasteiger partial charge in [-0.3, -0.25) is 23.5 Å². The number of pyridine rings is 1. The monoisotopic (exact) mass is 1160 g/mol. The number of halogens is 3. The number of piperidine rings is 1. The Morgan fingerprint density at radius 2 is 1.59 bits per heavy atom. The zero-order valence-corrected chi connectivity index (χ0v) is 47.8. The lowest BCUT2D eigenvalue weighted by molar-refractivity contribution is -0.141. The largest absolute Gasteiger partial charge is 0.754 e. The molecule has 4 aliphatic heterocycles. The average molecular weight is 1160 g/mol. The number of aryl methyl sites for hydroxylation is 1. The maximum Gasteiger partial charge on any atom is 0.246 e. The second kappa shape index (κ2) is 23.8. The minimum atomic E-state index is -3.08. The van der Waals surface area contributed by atoms with E-state index in [1.165, 1.54) is 6.20 Å². The van der Waals surface area contributed by atoms with Crippen molar-refractivity contribution >= 4 is 62.6 Å². The average Bonchev–Trinajstić information content (AvgIpc) is 4.51. The summed E-state index contributed by atoms with van der Waals surface area (Å²) in [5.41, 5.74) is 6.34. The van der Waals surface area contributed by atoms with Crippen LogP contribution in [-0.2, 0) is 20.9 Å². The summed E-state index contributed by atoms with van der Waals surface area (Å²) in [4.78, 5) is 71.8. The molecule has 1 unspecified atom stereocenters. The van der Waals surface area contributed by atoms with Gasteiger partial charge in [-0.1, -0.05) is 57.2 Å². The Labute approximate surface area is 480 Å². The van der Waals surface area contributed by atoms with Crippen molar-refractivity contribution in [3.8, 4) is 32.8 Å². The van der Waals surface area contributed by atoms with Crippen LogP contribution in [0.15, 0.2) is 90.8 Å². The number of carbonyl (C=O) groups is 3. The second-order valence-corrected chi connectivity index (χ2v) is 24.7. The predicted molar refractivity (Wildman–Crippen MR) is 308 cm³/mol. The van der Waals surface area contributed by atoms with Gasteiger partial charge >= 0.3 is 0 Å². The van der Waals surface area contributed by atoms with Gasteiger partial charge in [-0.25, -0.2) is 37.5 Å². The van der Waals surface area contributed by atoms with Gasteiger partial charge in [0, 0.05) is 99.9 Å². The van der Waals surface area contributed by atoms with E-state index in [4.69, 9.17) is 0 Å². The third-order valence-electron chi connectivity index (χ3n) is 16.4. The van der Waals surface area contributed by atoms with Gasteiger partial charge in [-0.15, -0.1) is 11.3 Å². The van der Waals surface area contributed by atoms with Crippen molar-refractivity contribution in [3.05, 3.63) is 125 Å². The van der Waals surface area contributed by atoms with E-state index >= 15 is 8.78 Å². The number of alkyl halides is 1. The van der Waals surface area contributed by atoms with E-state index in [0.717, 1.165) is 114 Å². The van der Waals surface area contributed by atoms with Gasteiger partial charge in [0.2, 0.25) is 17.6 Å². The number of aromatic nitrogens is 5. The fourth-order valence-corrected chi connectivity index (χ4v) is 13.3. The van der Waals surface area contributed by atoms with Crippen LogP contribution in [0.3, 0.4) is 0 Å². The number of hydrazine groups is 1. The summed E-state index contributed by atoms with van der Waals surface area (Å²) in [6.07, 6.45) is 5.06. The third kappa shape index (κ3) is 12.0. The summed E-state index contributed by atoms with van der Waals surface area (Å²) < 4.78 is 70.4. The van der Waals surface area contributed by atoms with Crippen LogP contribution in [0.5, 0.6) is 0 Å². The number of likely N-dealkylation sites (tertiary alicyclic amines) is 1. The first kappa shape index (κ1) is 57.0. The number of nitrogens with zero attached hydrogens (tertiary/aromatic N) is 9. The van der Waals surface area contributed by atoms with E-state index in [0.29, 0.717) is 39.2 Å². The van der Waals surface area contributed by atoms with Crippen LogP contribution in [-0.4, -0.2) is 166 Å². The highest BCUT2D eigenvalue weighted by molar-refractivity contribution is 7.80. The molecule has 0 spiro atoms. The van der Waals surface area contributed by atoms with Gasteiger partial charge < -0.3 is 39.6 Å². The smallest absolute Gasteiger partial charge is 0.246 e. The SMILES string of the molecule is Cc1ncsc1-c1ccc(-c2cnc([C@@H]3C[C@@H](O)CN3C(=O)[C@@H](NC(=O)CN3CCN(CC4CCN(c5ccc(-c6cnc7[nH]cc(C(=O)c8c(F)ccc(N(N9CC[C@@H](F)C9)S(=O)[O-])c8F)c7c6)cc5)CC4)CC3)C(C)(C)C)[nH]2)cc1. The number of aliphatic hydroxyl groups is 1. The van der Waals surface area contributed by atoms with Crippen LogP contribution in [0.25, 0.3) is 43.9 Å². The molecule has 11 rings (SSSR count). The maximum absolute atomic E-state index is 16.1. The van der Waals surface area contributed by atoms with Gasteiger partial charge in [-0.05, 0) is 84.5 Å². The molecule has 2 amide bonds. The number of fused-ring (bicyclic) bond motifs is 1. The van der Waals surface area contributed by atoms with Crippen molar-refractivity contribution in [2.75, 3.05) is 81.3 Å². The van der Waals surface area contributed by atoms with Crippen LogP contribution < -0.4 is 14.6 Å². The number of thiazole rings is 1. The molecule has 0 saturated carbocycles. The highest BCUT2D eigenvalue weighted by Crippen LogP contribution is 2.37. The molecule has 23 heteroatoms. The Morgan fingerprint density at radius 3 is 2.26 bits per heavy atom. The number of hydrogen-bond acceptors (Lipinski definition) is 14. The lowest BCUT2D eigenvalue weighted by Crippen LogP contribution is -2.57. The first-order valence-corrected chi connectivity index (χ1v) is 29.7. The topological polar surface area (TPSA) is 213 Å². The van der Waals surface area contributed by atoms with E-state index in [1.54, 1.807) is 34.7 Å². The molecular weight excluding hydrogens is 1090 g/mol. The summed E-state index contributed by atoms with van der Waals surface area (Å²) >= 11 is -1.48. The third-order valence-corrected chi connectivity index (χ3v) is 18.1. The van der Waals surface area contributed by atoms with Crippen molar-refractivity contribution < 1.29 is 41.4 Å². The molecule has 0 aliphatic carbocycles. The number of ketones is 1. The van der Waals surface area contributed by atoms with Crippen molar-refractivity contribution in [1.29, 1.82) is 0 Å². The number of amides is 2. The van der Waals surface area contributed by atoms with Gasteiger partial charge in [0.05, 0.1) is 70.0 Å². The highest BCUT2D eigenvalue weighted by Gasteiger charge is 2.44. The van der Waals surface area contributed by atoms with Gasteiger partial charge in [0.25, 0.3) is 0 Å². The number of benzene rings is 3. The molecule has 0 radical (unpaired) electrons. The molecule has 4 saturated heterocycles. The lowest BCUT2D eigenvalue weighted by Gasteiger charge is -2.39. The molecule has 4 fully saturated rings. The predicted octanol–water partition coefficient (Wildman–Crippen LogP) is 7.82. The Morgan fingerprint density at radius 1 is 0.878 bits per heavy atom. The fraction of sp³-hybridized carbons (Fsp3) is 0.424. The zero-order chi connectivity index (χ0) is 57.6. The number of H-pyrrole nitrogens is 2. The van der Waals surface area contributed by atoms with E-state index in [1.807, 2.05) is 69.6 Å². The summed E-state index contributed by atoms with van der Waals surface area (Å²) in [6.45, 7) is 13.7. The van der Waals surface area contributed by atoms with Crippen LogP contribution >= 0.6 is 11.3 Å². The normalized spacial score (nSPS) is 20.4. The highest BCUT2D eigenvalue weighted by atomic mass is 32.2. The Balaban J connectivity index is 0.652. The molecule has 4 N–H and O–H groups in total. The minimum absolute atomic E-state index is 0.0102.